The third-order valence-electron chi connectivity index (χ3n) is 4.49. The second-order valence-corrected chi connectivity index (χ2v) is 8.33. The largest absolute Gasteiger partial charge is 0.295 e. The summed E-state index contributed by atoms with van der Waals surface area (Å²) in [6.45, 7) is 4.81. The molecule has 0 saturated heterocycles. The van der Waals surface area contributed by atoms with Crippen LogP contribution >= 0.6 is 0 Å². The predicted octanol–water partition coefficient (Wildman–Crippen LogP) is 4.02. The van der Waals surface area contributed by atoms with Gasteiger partial charge in [-0.15, -0.1) is 0 Å². The molecule has 0 bridgehead atoms. The monoisotopic (exact) mass is 380 g/mol. The van der Waals surface area contributed by atoms with Gasteiger partial charge in [-0.05, 0) is 48.4 Å². The molecule has 1 heterocycles. The van der Waals surface area contributed by atoms with Crippen LogP contribution in [0.2, 0.25) is 0 Å². The second-order valence-electron chi connectivity index (χ2n) is 6.61. The molecule has 0 unspecified atom stereocenters. The van der Waals surface area contributed by atoms with Crippen LogP contribution in [0.4, 0.5) is 14.5 Å². The van der Waals surface area contributed by atoms with Crippen LogP contribution in [0.3, 0.4) is 0 Å². The Morgan fingerprint density at radius 1 is 1.08 bits per heavy atom. The Balaban J connectivity index is 1.72. The molecule has 0 aromatic heterocycles. The molecule has 7 heteroatoms. The van der Waals surface area contributed by atoms with Gasteiger partial charge < -0.3 is 0 Å². The number of anilines is 1. The lowest BCUT2D eigenvalue weighted by atomic mass is 10.1. The van der Waals surface area contributed by atoms with Crippen molar-refractivity contribution in [3.63, 3.8) is 0 Å². The van der Waals surface area contributed by atoms with E-state index in [-0.39, 0.29) is 0 Å². The predicted molar refractivity (Wildman–Crippen MR) is 98.1 cm³/mol. The van der Waals surface area contributed by atoms with Gasteiger partial charge in [0.2, 0.25) is 10.0 Å². The number of sulfonamides is 1. The van der Waals surface area contributed by atoms with Crippen LogP contribution in [-0.2, 0) is 28.9 Å². The highest BCUT2D eigenvalue weighted by Crippen LogP contribution is 2.27. The highest BCUT2D eigenvalue weighted by molar-refractivity contribution is 7.91. The third-order valence-corrected chi connectivity index (χ3v) is 5.71. The molecule has 0 saturated carbocycles. The second kappa shape index (κ2) is 7.72. The topological polar surface area (TPSA) is 49.4 Å². The Morgan fingerprint density at radius 3 is 2.46 bits per heavy atom. The summed E-state index contributed by atoms with van der Waals surface area (Å²) in [5.74, 6) is -2.47. The lowest BCUT2D eigenvalue weighted by Crippen LogP contribution is -2.17. The van der Waals surface area contributed by atoms with Crippen molar-refractivity contribution >= 4 is 15.7 Å². The summed E-state index contributed by atoms with van der Waals surface area (Å²) in [6, 6.07) is 8.71. The van der Waals surface area contributed by atoms with Crippen molar-refractivity contribution in [2.75, 3.05) is 11.3 Å². The quantitative estimate of drug-likeness (QED) is 0.789. The number of unbranched alkanes of at least 4 members (excludes halogenated alkanes) is 1. The van der Waals surface area contributed by atoms with Crippen molar-refractivity contribution in [2.24, 2.45) is 0 Å². The fourth-order valence-electron chi connectivity index (χ4n) is 3.14. The zero-order valence-electron chi connectivity index (χ0n) is 14.6. The van der Waals surface area contributed by atoms with Crippen molar-refractivity contribution in [1.82, 2.24) is 4.90 Å². The van der Waals surface area contributed by atoms with Crippen molar-refractivity contribution in [1.29, 1.82) is 0 Å². The smallest absolute Gasteiger partial charge is 0.237 e. The Kier molecular flexibility index (Phi) is 5.58. The SMILES string of the molecule is CCCCN1Cc2ccc(NS(=O)(=O)Cc3c(F)cccc3F)cc2C1. The number of halogens is 2. The number of nitrogens with one attached hydrogen (secondary N) is 1. The van der Waals surface area contributed by atoms with Crippen LogP contribution in [0, 0.1) is 11.6 Å². The van der Waals surface area contributed by atoms with E-state index in [0.29, 0.717) is 5.69 Å². The van der Waals surface area contributed by atoms with Crippen LogP contribution in [-0.4, -0.2) is 19.9 Å². The van der Waals surface area contributed by atoms with Gasteiger partial charge in [0.1, 0.15) is 17.4 Å². The zero-order valence-corrected chi connectivity index (χ0v) is 15.5. The average Bonchev–Trinajstić information content (AvgIpc) is 2.98. The van der Waals surface area contributed by atoms with Gasteiger partial charge in [0.25, 0.3) is 0 Å². The summed E-state index contributed by atoms with van der Waals surface area (Å²) in [5.41, 5.74) is 2.23. The fourth-order valence-corrected chi connectivity index (χ4v) is 4.36. The fraction of sp³-hybridized carbons (Fsp3) is 0.368. The molecule has 140 valence electrons. The average molecular weight is 380 g/mol. The van der Waals surface area contributed by atoms with E-state index in [4.69, 9.17) is 0 Å². The molecule has 0 amide bonds. The molecule has 4 nitrogen and oxygen atoms in total. The third kappa shape index (κ3) is 4.40. The van der Waals surface area contributed by atoms with Crippen LogP contribution in [0.15, 0.2) is 36.4 Å². The van der Waals surface area contributed by atoms with Gasteiger partial charge in [-0.1, -0.05) is 25.5 Å². The molecule has 0 spiro atoms. The van der Waals surface area contributed by atoms with Crippen LogP contribution in [0.25, 0.3) is 0 Å². The molecule has 2 aromatic rings. The lowest BCUT2D eigenvalue weighted by molar-refractivity contribution is 0.279. The Bertz CT molecular complexity index is 880. The maximum atomic E-state index is 13.7. The van der Waals surface area contributed by atoms with Gasteiger partial charge in [-0.3, -0.25) is 9.62 Å². The zero-order chi connectivity index (χ0) is 18.7. The van der Waals surface area contributed by atoms with Gasteiger partial charge in [-0.2, -0.15) is 0 Å². The number of fused-ring (bicyclic) bond motifs is 1. The first-order valence-electron chi connectivity index (χ1n) is 8.65. The highest BCUT2D eigenvalue weighted by atomic mass is 32.2. The van der Waals surface area contributed by atoms with Crippen LogP contribution in [0.5, 0.6) is 0 Å². The highest BCUT2D eigenvalue weighted by Gasteiger charge is 2.21. The van der Waals surface area contributed by atoms with E-state index in [2.05, 4.69) is 16.5 Å². The summed E-state index contributed by atoms with van der Waals surface area (Å²) in [4.78, 5) is 2.32. The first-order valence-corrected chi connectivity index (χ1v) is 10.3. The van der Waals surface area contributed by atoms with E-state index in [1.807, 2.05) is 6.07 Å². The molecule has 0 aliphatic carbocycles. The minimum absolute atomic E-state index is 0.415. The van der Waals surface area contributed by atoms with Crippen LogP contribution in [0.1, 0.15) is 36.5 Å². The summed E-state index contributed by atoms with van der Waals surface area (Å²) in [5, 5.41) is 0. The van der Waals surface area contributed by atoms with Gasteiger partial charge in [-0.25, -0.2) is 17.2 Å². The molecular formula is C19H22F2N2O2S. The van der Waals surface area contributed by atoms with Gasteiger partial charge in [0, 0.05) is 24.3 Å². The van der Waals surface area contributed by atoms with Crippen LogP contribution < -0.4 is 4.72 Å². The van der Waals surface area contributed by atoms with E-state index < -0.39 is 33.0 Å². The summed E-state index contributed by atoms with van der Waals surface area (Å²) < 4.78 is 54.5. The van der Waals surface area contributed by atoms with Gasteiger partial charge >= 0.3 is 0 Å². The summed E-state index contributed by atoms with van der Waals surface area (Å²) >= 11 is 0. The molecule has 1 N–H and O–H groups in total. The number of benzene rings is 2. The number of hydrogen-bond acceptors (Lipinski definition) is 3. The number of hydrogen-bond donors (Lipinski definition) is 1. The molecular weight excluding hydrogens is 358 g/mol. The number of rotatable bonds is 7. The van der Waals surface area contributed by atoms with E-state index in [1.54, 1.807) is 12.1 Å². The molecule has 1 aliphatic heterocycles. The van der Waals surface area contributed by atoms with E-state index in [0.717, 1.165) is 50.2 Å². The maximum absolute atomic E-state index is 13.7. The van der Waals surface area contributed by atoms with Crippen molar-refractivity contribution < 1.29 is 17.2 Å². The molecule has 3 rings (SSSR count). The molecule has 0 fully saturated rings. The Morgan fingerprint density at radius 2 is 1.77 bits per heavy atom. The number of nitrogens with zero attached hydrogens (tertiary/aromatic N) is 1. The Labute approximate surface area is 152 Å². The molecule has 26 heavy (non-hydrogen) atoms. The molecule has 0 atom stereocenters. The van der Waals surface area contributed by atoms with Crippen molar-refractivity contribution in [3.8, 4) is 0 Å². The van der Waals surface area contributed by atoms with E-state index in [1.165, 1.54) is 11.6 Å². The summed E-state index contributed by atoms with van der Waals surface area (Å²) in [6.07, 6.45) is 2.26. The minimum atomic E-state index is -3.92. The van der Waals surface area contributed by atoms with E-state index >= 15 is 0 Å². The molecule has 1 aliphatic rings. The molecule has 2 aromatic carbocycles. The first-order chi connectivity index (χ1) is 12.4. The first kappa shape index (κ1) is 18.8. The van der Waals surface area contributed by atoms with Crippen molar-refractivity contribution in [3.05, 3.63) is 64.7 Å². The molecule has 0 radical (unpaired) electrons. The normalized spacial score (nSPS) is 14.4. The van der Waals surface area contributed by atoms with E-state index in [9.17, 15) is 17.2 Å². The standard InChI is InChI=1S/C19H22F2N2O2S/c1-2-3-9-23-11-14-7-8-16(10-15(14)12-23)22-26(24,25)13-17-18(20)5-4-6-19(17)21/h4-8,10,22H,2-3,9,11-13H2,1H3. The Hall–Kier alpha value is -1.99. The van der Waals surface area contributed by atoms with Crippen molar-refractivity contribution in [2.45, 2.75) is 38.6 Å². The van der Waals surface area contributed by atoms with Gasteiger partial charge in [0.05, 0.1) is 0 Å². The maximum Gasteiger partial charge on any atom is 0.237 e. The van der Waals surface area contributed by atoms with Gasteiger partial charge in [0.15, 0.2) is 0 Å². The minimum Gasteiger partial charge on any atom is -0.295 e. The summed E-state index contributed by atoms with van der Waals surface area (Å²) in [7, 11) is -3.92. The lowest BCUT2D eigenvalue weighted by Gasteiger charge is -2.13.